The molecular formula is C21H13BrN2OS. The Bertz CT molecular complexity index is 1220. The lowest BCUT2D eigenvalue weighted by atomic mass is 9.99. The highest BCUT2D eigenvalue weighted by Crippen LogP contribution is 2.37. The van der Waals surface area contributed by atoms with Crippen LogP contribution in [0.15, 0.2) is 63.9 Å². The lowest BCUT2D eigenvalue weighted by molar-refractivity contribution is 1.22. The molecule has 2 heterocycles. The minimum atomic E-state index is -0.366. The molecule has 0 aliphatic rings. The highest BCUT2D eigenvalue weighted by atomic mass is 79.9. The van der Waals surface area contributed by atoms with Crippen LogP contribution in [0.5, 0.6) is 0 Å². The number of rotatable bonds is 2. The van der Waals surface area contributed by atoms with Gasteiger partial charge in [-0.1, -0.05) is 42.5 Å². The number of nitrogens with one attached hydrogen (secondary N) is 1. The third-order valence-corrected chi connectivity index (χ3v) is 6.52. The quantitative estimate of drug-likeness (QED) is 0.440. The smallest absolute Gasteiger partial charge is 0.267 e. The van der Waals surface area contributed by atoms with Crippen molar-refractivity contribution in [3.63, 3.8) is 0 Å². The van der Waals surface area contributed by atoms with Crippen molar-refractivity contribution in [1.82, 2.24) is 4.98 Å². The van der Waals surface area contributed by atoms with Crippen LogP contribution in [-0.2, 0) is 0 Å². The van der Waals surface area contributed by atoms with E-state index in [-0.39, 0.29) is 11.1 Å². The molecule has 3 nitrogen and oxygen atoms in total. The molecule has 0 saturated heterocycles. The standard InChI is InChI=1S/C21H13BrN2OS/c1-12-18(22)10-20(26-12)16-9-19(24-21(25)17(16)11-23)15-8-4-6-13-5-2-3-7-14(13)15/h2-10H,1H3,(H,24,25). The fraction of sp³-hybridized carbons (Fsp3) is 0.0476. The van der Waals surface area contributed by atoms with Crippen LogP contribution >= 0.6 is 27.3 Å². The van der Waals surface area contributed by atoms with Crippen molar-refractivity contribution in [2.75, 3.05) is 0 Å². The zero-order valence-electron chi connectivity index (χ0n) is 13.8. The van der Waals surface area contributed by atoms with E-state index in [1.165, 1.54) is 0 Å². The van der Waals surface area contributed by atoms with Crippen LogP contribution < -0.4 is 5.56 Å². The summed E-state index contributed by atoms with van der Waals surface area (Å²) in [6, 6.07) is 20.0. The summed E-state index contributed by atoms with van der Waals surface area (Å²) in [5.74, 6) is 0. The van der Waals surface area contributed by atoms with Crippen molar-refractivity contribution in [2.24, 2.45) is 0 Å². The van der Waals surface area contributed by atoms with Gasteiger partial charge in [-0.05, 0) is 45.8 Å². The van der Waals surface area contributed by atoms with E-state index in [1.54, 1.807) is 11.3 Å². The molecule has 0 aliphatic carbocycles. The van der Waals surface area contributed by atoms with E-state index in [9.17, 15) is 10.1 Å². The van der Waals surface area contributed by atoms with Gasteiger partial charge in [0.15, 0.2) is 0 Å². The Morgan fingerprint density at radius 2 is 1.85 bits per heavy atom. The molecule has 2 aromatic carbocycles. The maximum absolute atomic E-state index is 12.6. The molecule has 4 rings (SSSR count). The van der Waals surface area contributed by atoms with E-state index in [4.69, 9.17) is 0 Å². The van der Waals surface area contributed by atoms with Crippen LogP contribution in [-0.4, -0.2) is 4.98 Å². The summed E-state index contributed by atoms with van der Waals surface area (Å²) in [7, 11) is 0. The third-order valence-electron chi connectivity index (χ3n) is 4.35. The monoisotopic (exact) mass is 420 g/mol. The van der Waals surface area contributed by atoms with Crippen LogP contribution in [0, 0.1) is 18.3 Å². The van der Waals surface area contributed by atoms with Gasteiger partial charge in [0.05, 0.1) is 0 Å². The van der Waals surface area contributed by atoms with Crippen molar-refractivity contribution in [3.8, 4) is 27.8 Å². The number of aryl methyl sites for hydroxylation is 1. The summed E-state index contributed by atoms with van der Waals surface area (Å²) in [6.45, 7) is 2.00. The number of halogens is 1. The first-order chi connectivity index (χ1) is 12.6. The molecule has 0 aliphatic heterocycles. The summed E-state index contributed by atoms with van der Waals surface area (Å²) in [5, 5.41) is 11.7. The Morgan fingerprint density at radius 3 is 2.58 bits per heavy atom. The van der Waals surface area contributed by atoms with Crippen molar-refractivity contribution in [2.45, 2.75) is 6.92 Å². The van der Waals surface area contributed by atoms with Gasteiger partial charge in [-0.25, -0.2) is 0 Å². The van der Waals surface area contributed by atoms with Crippen LogP contribution in [0.25, 0.3) is 32.5 Å². The molecule has 2 aromatic heterocycles. The predicted molar refractivity (Wildman–Crippen MR) is 110 cm³/mol. The van der Waals surface area contributed by atoms with Gasteiger partial charge in [0.1, 0.15) is 11.6 Å². The van der Waals surface area contributed by atoms with Crippen LogP contribution in [0.1, 0.15) is 10.4 Å². The number of aromatic amines is 1. The molecule has 0 saturated carbocycles. The molecule has 0 radical (unpaired) electrons. The SMILES string of the molecule is Cc1sc(-c2cc(-c3cccc4ccccc34)[nH]c(=O)c2C#N)cc1Br. The number of H-pyrrole nitrogens is 1. The number of hydrogen-bond acceptors (Lipinski definition) is 3. The predicted octanol–water partition coefficient (Wildman–Crippen LogP) is 5.87. The zero-order valence-corrected chi connectivity index (χ0v) is 16.2. The average molecular weight is 421 g/mol. The highest BCUT2D eigenvalue weighted by molar-refractivity contribution is 9.10. The van der Waals surface area contributed by atoms with Gasteiger partial charge < -0.3 is 4.98 Å². The van der Waals surface area contributed by atoms with Crippen LogP contribution in [0.3, 0.4) is 0 Å². The third kappa shape index (κ3) is 2.78. The van der Waals surface area contributed by atoms with E-state index < -0.39 is 0 Å². The molecule has 0 fully saturated rings. The molecule has 0 bridgehead atoms. The number of nitriles is 1. The summed E-state index contributed by atoms with van der Waals surface area (Å²) < 4.78 is 0.980. The number of pyridine rings is 1. The maximum atomic E-state index is 12.6. The zero-order chi connectivity index (χ0) is 18.3. The van der Waals surface area contributed by atoms with E-state index >= 15 is 0 Å². The molecule has 0 amide bonds. The maximum Gasteiger partial charge on any atom is 0.267 e. The fourth-order valence-corrected chi connectivity index (χ4v) is 4.62. The highest BCUT2D eigenvalue weighted by Gasteiger charge is 2.16. The Hall–Kier alpha value is -2.68. The normalized spacial score (nSPS) is 10.8. The van der Waals surface area contributed by atoms with Crippen molar-refractivity contribution >= 4 is 38.0 Å². The molecule has 0 spiro atoms. The van der Waals surface area contributed by atoms with E-state index in [0.29, 0.717) is 11.3 Å². The number of nitrogens with zero attached hydrogens (tertiary/aromatic N) is 1. The van der Waals surface area contributed by atoms with Crippen LogP contribution in [0.4, 0.5) is 0 Å². The first kappa shape index (κ1) is 16.8. The average Bonchev–Trinajstić information content (AvgIpc) is 2.99. The molecule has 1 N–H and O–H groups in total. The second-order valence-corrected chi connectivity index (χ2v) is 8.06. The Labute approximate surface area is 162 Å². The summed E-state index contributed by atoms with van der Waals surface area (Å²) in [6.07, 6.45) is 0. The Morgan fingerprint density at radius 1 is 1.08 bits per heavy atom. The summed E-state index contributed by atoms with van der Waals surface area (Å²) in [4.78, 5) is 17.5. The minimum Gasteiger partial charge on any atom is -0.321 e. The molecule has 4 aromatic rings. The second kappa shape index (κ2) is 6.56. The largest absolute Gasteiger partial charge is 0.321 e. The van der Waals surface area contributed by atoms with E-state index in [2.05, 4.69) is 27.0 Å². The van der Waals surface area contributed by atoms with Crippen molar-refractivity contribution in [3.05, 3.63) is 79.9 Å². The first-order valence-electron chi connectivity index (χ1n) is 8.00. The van der Waals surface area contributed by atoms with E-state index in [0.717, 1.165) is 30.6 Å². The first-order valence-corrected chi connectivity index (χ1v) is 9.61. The molecule has 26 heavy (non-hydrogen) atoms. The summed E-state index contributed by atoms with van der Waals surface area (Å²) >= 11 is 5.08. The summed E-state index contributed by atoms with van der Waals surface area (Å²) in [5.41, 5.74) is 2.09. The van der Waals surface area contributed by atoms with Crippen molar-refractivity contribution in [1.29, 1.82) is 5.26 Å². The number of hydrogen-bond donors (Lipinski definition) is 1. The molecule has 0 atom stereocenters. The molecule has 126 valence electrons. The van der Waals surface area contributed by atoms with Gasteiger partial charge in [-0.3, -0.25) is 4.79 Å². The Kier molecular flexibility index (Phi) is 4.23. The molecule has 5 heteroatoms. The van der Waals surface area contributed by atoms with Gasteiger partial charge in [0.25, 0.3) is 5.56 Å². The van der Waals surface area contributed by atoms with Gasteiger partial charge in [0, 0.05) is 31.0 Å². The lowest BCUT2D eigenvalue weighted by Crippen LogP contribution is -2.12. The van der Waals surface area contributed by atoms with Crippen molar-refractivity contribution < 1.29 is 0 Å². The van der Waals surface area contributed by atoms with Gasteiger partial charge in [0.2, 0.25) is 0 Å². The fourth-order valence-electron chi connectivity index (χ4n) is 3.06. The number of benzene rings is 2. The number of fused-ring (bicyclic) bond motifs is 1. The van der Waals surface area contributed by atoms with Gasteiger partial charge >= 0.3 is 0 Å². The van der Waals surface area contributed by atoms with Gasteiger partial charge in [-0.15, -0.1) is 11.3 Å². The topological polar surface area (TPSA) is 56.6 Å². The molecular weight excluding hydrogens is 408 g/mol. The number of aromatic nitrogens is 1. The Balaban J connectivity index is 2.02. The minimum absolute atomic E-state index is 0.141. The lowest BCUT2D eigenvalue weighted by Gasteiger charge is -2.09. The molecule has 0 unspecified atom stereocenters. The van der Waals surface area contributed by atoms with Crippen LogP contribution in [0.2, 0.25) is 0 Å². The van der Waals surface area contributed by atoms with E-state index in [1.807, 2.05) is 61.5 Å². The second-order valence-electron chi connectivity index (χ2n) is 5.95. The van der Waals surface area contributed by atoms with Gasteiger partial charge in [-0.2, -0.15) is 5.26 Å². The number of thiophene rings is 1.